The van der Waals surface area contributed by atoms with Crippen molar-refractivity contribution in [1.29, 1.82) is 0 Å². The maximum Gasteiger partial charge on any atom is 0.243 e. The van der Waals surface area contributed by atoms with Gasteiger partial charge in [-0.25, -0.2) is 16.8 Å². The third-order valence-electron chi connectivity index (χ3n) is 6.07. The summed E-state index contributed by atoms with van der Waals surface area (Å²) in [7, 11) is -7.14. The molecule has 2 aromatic carbocycles. The molecule has 10 heteroatoms. The molecule has 1 amide bonds. The van der Waals surface area contributed by atoms with Gasteiger partial charge >= 0.3 is 0 Å². The van der Waals surface area contributed by atoms with Gasteiger partial charge in [-0.05, 0) is 35.7 Å². The molecule has 1 unspecified atom stereocenters. The number of carbonyl (C=O) groups excluding carboxylic acids is 1. The van der Waals surface area contributed by atoms with E-state index in [-0.39, 0.29) is 37.0 Å². The molecule has 168 valence electrons. The summed E-state index contributed by atoms with van der Waals surface area (Å²) >= 11 is 0. The van der Waals surface area contributed by atoms with Gasteiger partial charge in [-0.2, -0.15) is 8.61 Å². The quantitative estimate of drug-likeness (QED) is 0.682. The summed E-state index contributed by atoms with van der Waals surface area (Å²) in [4.78, 5) is 14.9. The number of hydrogen-bond acceptors (Lipinski definition) is 5. The molecule has 0 bridgehead atoms. The number of carbonyl (C=O) groups is 1. The van der Waals surface area contributed by atoms with Crippen LogP contribution in [0.3, 0.4) is 0 Å². The third kappa shape index (κ3) is 4.48. The normalized spacial score (nSPS) is 22.0. The molecule has 2 aliphatic heterocycles. The first-order valence-corrected chi connectivity index (χ1v) is 13.7. The topological polar surface area (TPSA) is 95.1 Å². The van der Waals surface area contributed by atoms with Crippen LogP contribution in [-0.2, 0) is 24.8 Å². The highest BCUT2D eigenvalue weighted by molar-refractivity contribution is 7.89. The minimum absolute atomic E-state index is 0.187. The minimum Gasteiger partial charge on any atom is -0.339 e. The maximum atomic E-state index is 13.1. The number of sulfonamides is 2. The van der Waals surface area contributed by atoms with Crippen molar-refractivity contribution < 1.29 is 21.6 Å². The zero-order valence-corrected chi connectivity index (χ0v) is 19.1. The molecular weight excluding hydrogens is 438 g/mol. The van der Waals surface area contributed by atoms with E-state index in [2.05, 4.69) is 0 Å². The van der Waals surface area contributed by atoms with E-state index in [1.165, 1.54) is 8.61 Å². The molecule has 0 saturated carbocycles. The van der Waals surface area contributed by atoms with Crippen molar-refractivity contribution >= 4 is 36.7 Å². The van der Waals surface area contributed by atoms with E-state index in [0.717, 1.165) is 29.9 Å². The Labute approximate surface area is 183 Å². The number of nitrogens with zero attached hydrogens (tertiary/aromatic N) is 3. The monoisotopic (exact) mass is 465 g/mol. The number of piperazine rings is 1. The first-order valence-electron chi connectivity index (χ1n) is 10.4. The Morgan fingerprint density at radius 3 is 2.23 bits per heavy atom. The van der Waals surface area contributed by atoms with Crippen LogP contribution in [0, 0.1) is 0 Å². The Balaban J connectivity index is 1.46. The van der Waals surface area contributed by atoms with E-state index in [0.29, 0.717) is 13.0 Å². The van der Waals surface area contributed by atoms with E-state index >= 15 is 0 Å². The summed E-state index contributed by atoms with van der Waals surface area (Å²) in [6.45, 7) is 1.23. The first-order chi connectivity index (χ1) is 14.7. The van der Waals surface area contributed by atoms with Crippen LogP contribution >= 0.6 is 0 Å². The van der Waals surface area contributed by atoms with Gasteiger partial charge in [-0.15, -0.1) is 0 Å². The second-order valence-electron chi connectivity index (χ2n) is 8.12. The summed E-state index contributed by atoms with van der Waals surface area (Å²) < 4.78 is 53.1. The Hall–Kier alpha value is -2.01. The predicted octanol–water partition coefficient (Wildman–Crippen LogP) is 1.49. The molecule has 31 heavy (non-hydrogen) atoms. The molecule has 1 atom stereocenters. The average molecular weight is 466 g/mol. The third-order valence-corrected chi connectivity index (χ3v) is 9.26. The SMILES string of the molecule is CS(=O)(=O)N1CCCCC1C(=O)N1CCN(S(=O)(=O)c2ccc3ccccc3c2)CC1. The van der Waals surface area contributed by atoms with E-state index in [1.807, 2.05) is 24.3 Å². The molecular formula is C21H27N3O5S2. The van der Waals surface area contributed by atoms with Gasteiger partial charge in [0.2, 0.25) is 26.0 Å². The van der Waals surface area contributed by atoms with Crippen molar-refractivity contribution in [2.75, 3.05) is 39.0 Å². The van der Waals surface area contributed by atoms with Crippen molar-refractivity contribution in [1.82, 2.24) is 13.5 Å². The molecule has 0 N–H and O–H groups in total. The van der Waals surface area contributed by atoms with Crippen LogP contribution in [0.4, 0.5) is 0 Å². The molecule has 0 aromatic heterocycles. The lowest BCUT2D eigenvalue weighted by molar-refractivity contribution is -0.137. The molecule has 8 nitrogen and oxygen atoms in total. The highest BCUT2D eigenvalue weighted by atomic mass is 32.2. The van der Waals surface area contributed by atoms with Crippen molar-refractivity contribution in [3.05, 3.63) is 42.5 Å². The van der Waals surface area contributed by atoms with Crippen LogP contribution in [0.2, 0.25) is 0 Å². The summed E-state index contributed by atoms with van der Waals surface area (Å²) in [5.41, 5.74) is 0. The second-order valence-corrected chi connectivity index (χ2v) is 12.0. The van der Waals surface area contributed by atoms with Crippen LogP contribution in [0.25, 0.3) is 10.8 Å². The Bertz CT molecular complexity index is 1190. The highest BCUT2D eigenvalue weighted by Gasteiger charge is 2.38. The van der Waals surface area contributed by atoms with Crippen molar-refractivity contribution in [3.8, 4) is 0 Å². The van der Waals surface area contributed by atoms with Crippen LogP contribution in [0.5, 0.6) is 0 Å². The Morgan fingerprint density at radius 2 is 1.55 bits per heavy atom. The summed E-state index contributed by atoms with van der Waals surface area (Å²) in [5, 5.41) is 1.83. The number of amides is 1. The van der Waals surface area contributed by atoms with Gasteiger partial charge in [0, 0.05) is 32.7 Å². The first kappa shape index (κ1) is 22.2. The van der Waals surface area contributed by atoms with Crippen LogP contribution in [0.1, 0.15) is 19.3 Å². The molecule has 4 rings (SSSR count). The fourth-order valence-electron chi connectivity index (χ4n) is 4.39. The summed E-state index contributed by atoms with van der Waals surface area (Å²) in [6.07, 6.45) is 3.18. The number of benzene rings is 2. The van der Waals surface area contributed by atoms with Crippen molar-refractivity contribution in [3.63, 3.8) is 0 Å². The number of fused-ring (bicyclic) bond motifs is 1. The van der Waals surface area contributed by atoms with E-state index in [4.69, 9.17) is 0 Å². The zero-order chi connectivity index (χ0) is 22.2. The molecule has 0 spiro atoms. The molecule has 2 saturated heterocycles. The van der Waals surface area contributed by atoms with Crippen LogP contribution < -0.4 is 0 Å². The molecule has 2 heterocycles. The van der Waals surface area contributed by atoms with Crippen molar-refractivity contribution in [2.45, 2.75) is 30.2 Å². The Morgan fingerprint density at radius 1 is 0.871 bits per heavy atom. The van der Waals surface area contributed by atoms with Gasteiger partial charge in [0.25, 0.3) is 0 Å². The lowest BCUT2D eigenvalue weighted by Gasteiger charge is -2.39. The van der Waals surface area contributed by atoms with Crippen LogP contribution in [0.15, 0.2) is 47.4 Å². The highest BCUT2D eigenvalue weighted by Crippen LogP contribution is 2.25. The number of rotatable bonds is 4. The van der Waals surface area contributed by atoms with Gasteiger partial charge < -0.3 is 4.90 Å². The average Bonchev–Trinajstić information content (AvgIpc) is 2.77. The summed E-state index contributed by atoms with van der Waals surface area (Å²) in [5.74, 6) is -0.229. The lowest BCUT2D eigenvalue weighted by Crippen LogP contribution is -2.57. The van der Waals surface area contributed by atoms with Crippen LogP contribution in [-0.4, -0.2) is 81.3 Å². The lowest BCUT2D eigenvalue weighted by atomic mass is 10.0. The van der Waals surface area contributed by atoms with E-state index in [9.17, 15) is 21.6 Å². The van der Waals surface area contributed by atoms with Gasteiger partial charge in [-0.3, -0.25) is 4.79 Å². The molecule has 2 aromatic rings. The van der Waals surface area contributed by atoms with Gasteiger partial charge in [0.15, 0.2) is 0 Å². The van der Waals surface area contributed by atoms with Gasteiger partial charge in [-0.1, -0.05) is 36.8 Å². The largest absolute Gasteiger partial charge is 0.339 e. The maximum absolute atomic E-state index is 13.1. The minimum atomic E-state index is -3.67. The van der Waals surface area contributed by atoms with E-state index in [1.54, 1.807) is 23.1 Å². The van der Waals surface area contributed by atoms with Gasteiger partial charge in [0.1, 0.15) is 6.04 Å². The molecule has 0 radical (unpaired) electrons. The fourth-order valence-corrected chi connectivity index (χ4v) is 6.96. The fraction of sp³-hybridized carbons (Fsp3) is 0.476. The van der Waals surface area contributed by atoms with Gasteiger partial charge in [0.05, 0.1) is 11.2 Å². The predicted molar refractivity (Wildman–Crippen MR) is 118 cm³/mol. The zero-order valence-electron chi connectivity index (χ0n) is 17.5. The van der Waals surface area contributed by atoms with Crippen molar-refractivity contribution in [2.24, 2.45) is 0 Å². The number of hydrogen-bond donors (Lipinski definition) is 0. The molecule has 2 fully saturated rings. The summed E-state index contributed by atoms with van der Waals surface area (Å²) in [6, 6.07) is 12.0. The Kier molecular flexibility index (Phi) is 6.08. The standard InChI is InChI=1S/C21H27N3O5S2/c1-30(26,27)24-11-5-4-8-20(24)21(25)22-12-14-23(15-13-22)31(28,29)19-10-9-17-6-2-3-7-18(17)16-19/h2-3,6-7,9-10,16,20H,4-5,8,11-15H2,1H3. The smallest absolute Gasteiger partial charge is 0.243 e. The molecule has 0 aliphatic carbocycles. The second kappa shape index (κ2) is 8.50. The number of piperidine rings is 1. The molecule has 2 aliphatic rings. The van der Waals surface area contributed by atoms with E-state index < -0.39 is 26.1 Å².